The van der Waals surface area contributed by atoms with Crippen LogP contribution in [0.3, 0.4) is 0 Å². The molecule has 0 radical (unpaired) electrons. The van der Waals surface area contributed by atoms with Gasteiger partial charge in [-0.25, -0.2) is 4.68 Å². The Morgan fingerprint density at radius 1 is 1.47 bits per heavy atom. The van der Waals surface area contributed by atoms with E-state index >= 15 is 0 Å². The first-order valence-corrected chi connectivity index (χ1v) is 5.77. The van der Waals surface area contributed by atoms with Crippen LogP contribution in [0, 0.1) is 6.92 Å². The molecule has 0 saturated carbocycles. The number of aryl methyl sites for hydroxylation is 1. The molecule has 2 aromatic rings. The maximum atomic E-state index is 5.67. The molecule has 2 rings (SSSR count). The van der Waals surface area contributed by atoms with Crippen LogP contribution in [0.15, 0.2) is 28.9 Å². The van der Waals surface area contributed by atoms with E-state index in [1.54, 1.807) is 4.68 Å². The van der Waals surface area contributed by atoms with Crippen LogP contribution in [-0.2, 0) is 5.88 Å². The molecule has 0 aliphatic carbocycles. The molecule has 1 aromatic heterocycles. The summed E-state index contributed by atoms with van der Waals surface area (Å²) < 4.78 is 2.75. The van der Waals surface area contributed by atoms with E-state index in [1.165, 1.54) is 0 Å². The van der Waals surface area contributed by atoms with Crippen molar-refractivity contribution in [1.29, 1.82) is 0 Å². The Bertz CT molecular complexity index is 481. The summed E-state index contributed by atoms with van der Waals surface area (Å²) in [6, 6.07) is 6.03. The van der Waals surface area contributed by atoms with Gasteiger partial charge < -0.3 is 0 Å². The molecule has 5 heteroatoms. The van der Waals surface area contributed by atoms with Gasteiger partial charge in [-0.15, -0.1) is 16.7 Å². The summed E-state index contributed by atoms with van der Waals surface area (Å²) in [5.41, 5.74) is 2.92. The Labute approximate surface area is 101 Å². The van der Waals surface area contributed by atoms with Gasteiger partial charge in [0.25, 0.3) is 0 Å². The summed E-state index contributed by atoms with van der Waals surface area (Å²) in [7, 11) is 0. The van der Waals surface area contributed by atoms with Crippen LogP contribution in [0.5, 0.6) is 0 Å². The number of aromatic nitrogens is 3. The highest BCUT2D eigenvalue weighted by Gasteiger charge is 2.05. The molecule has 1 aromatic carbocycles. The highest BCUT2D eigenvalue weighted by molar-refractivity contribution is 9.10. The van der Waals surface area contributed by atoms with Crippen LogP contribution in [-0.4, -0.2) is 15.0 Å². The second-order valence-electron chi connectivity index (χ2n) is 3.22. The van der Waals surface area contributed by atoms with Gasteiger partial charge >= 0.3 is 0 Å². The summed E-state index contributed by atoms with van der Waals surface area (Å²) in [4.78, 5) is 0. The van der Waals surface area contributed by atoms with Crippen LogP contribution < -0.4 is 0 Å². The largest absolute Gasteiger partial charge is 0.220 e. The molecule has 0 atom stereocenters. The zero-order chi connectivity index (χ0) is 10.8. The Hall–Kier alpha value is -0.870. The molecule has 15 heavy (non-hydrogen) atoms. The number of hydrogen-bond acceptors (Lipinski definition) is 2. The van der Waals surface area contributed by atoms with Gasteiger partial charge in [0.1, 0.15) is 0 Å². The Kier molecular flexibility index (Phi) is 3.07. The average molecular weight is 287 g/mol. The molecule has 0 fully saturated rings. The monoisotopic (exact) mass is 285 g/mol. The lowest BCUT2D eigenvalue weighted by molar-refractivity contribution is 0.795. The Balaban J connectivity index is 2.48. The van der Waals surface area contributed by atoms with Crippen LogP contribution in [0.1, 0.15) is 11.3 Å². The summed E-state index contributed by atoms with van der Waals surface area (Å²) >= 11 is 9.10. The van der Waals surface area contributed by atoms with Gasteiger partial charge in [-0.2, -0.15) is 0 Å². The molecule has 1 heterocycles. The smallest absolute Gasteiger partial charge is 0.0979 e. The van der Waals surface area contributed by atoms with E-state index in [-0.39, 0.29) is 0 Å². The molecular formula is C10H9BrClN3. The van der Waals surface area contributed by atoms with E-state index in [0.29, 0.717) is 5.88 Å². The fourth-order valence-corrected chi connectivity index (χ4v) is 1.78. The standard InChI is InChI=1S/C10H9BrClN3/c1-7-2-3-8(11)4-10(7)15-6-9(5-12)13-14-15/h2-4,6H,5H2,1H3. The Morgan fingerprint density at radius 3 is 2.93 bits per heavy atom. The van der Waals surface area contributed by atoms with Crippen molar-refractivity contribution in [2.24, 2.45) is 0 Å². The number of benzene rings is 1. The van der Waals surface area contributed by atoms with Crippen molar-refractivity contribution in [3.63, 3.8) is 0 Å². The van der Waals surface area contributed by atoms with Gasteiger partial charge in [-0.05, 0) is 24.6 Å². The van der Waals surface area contributed by atoms with Crippen molar-refractivity contribution in [3.8, 4) is 5.69 Å². The lowest BCUT2D eigenvalue weighted by Crippen LogP contribution is -1.97. The summed E-state index contributed by atoms with van der Waals surface area (Å²) in [6.07, 6.45) is 1.84. The van der Waals surface area contributed by atoms with Crippen LogP contribution >= 0.6 is 27.5 Å². The minimum atomic E-state index is 0.382. The van der Waals surface area contributed by atoms with E-state index in [1.807, 2.05) is 31.3 Å². The molecular weight excluding hydrogens is 277 g/mol. The summed E-state index contributed by atoms with van der Waals surface area (Å²) in [5.74, 6) is 0.382. The van der Waals surface area contributed by atoms with Gasteiger partial charge in [0.15, 0.2) is 0 Å². The SMILES string of the molecule is Cc1ccc(Br)cc1-n1cc(CCl)nn1. The van der Waals surface area contributed by atoms with E-state index in [2.05, 4.69) is 26.2 Å². The van der Waals surface area contributed by atoms with Crippen LogP contribution in [0.4, 0.5) is 0 Å². The van der Waals surface area contributed by atoms with E-state index < -0.39 is 0 Å². The number of nitrogens with zero attached hydrogens (tertiary/aromatic N) is 3. The van der Waals surface area contributed by atoms with Crippen molar-refractivity contribution in [3.05, 3.63) is 40.1 Å². The molecule has 0 aliphatic rings. The zero-order valence-corrected chi connectivity index (χ0v) is 10.5. The molecule has 78 valence electrons. The number of hydrogen-bond donors (Lipinski definition) is 0. The third-order valence-electron chi connectivity index (χ3n) is 2.10. The molecule has 0 spiro atoms. The first kappa shape index (κ1) is 10.6. The van der Waals surface area contributed by atoms with Crippen molar-refractivity contribution in [2.45, 2.75) is 12.8 Å². The van der Waals surface area contributed by atoms with Gasteiger partial charge in [0.2, 0.25) is 0 Å². The maximum Gasteiger partial charge on any atom is 0.0979 e. The third kappa shape index (κ3) is 2.21. The summed E-state index contributed by atoms with van der Waals surface area (Å²) in [6.45, 7) is 2.03. The predicted molar refractivity (Wildman–Crippen MR) is 63.4 cm³/mol. The molecule has 0 amide bonds. The molecule has 0 bridgehead atoms. The van der Waals surface area contributed by atoms with Crippen molar-refractivity contribution in [1.82, 2.24) is 15.0 Å². The average Bonchev–Trinajstić information content (AvgIpc) is 2.70. The topological polar surface area (TPSA) is 30.7 Å². The maximum absolute atomic E-state index is 5.67. The van der Waals surface area contributed by atoms with Crippen molar-refractivity contribution in [2.75, 3.05) is 0 Å². The Morgan fingerprint density at radius 2 is 2.27 bits per heavy atom. The fourth-order valence-electron chi connectivity index (χ4n) is 1.31. The lowest BCUT2D eigenvalue weighted by atomic mass is 10.2. The minimum Gasteiger partial charge on any atom is -0.220 e. The minimum absolute atomic E-state index is 0.382. The van der Waals surface area contributed by atoms with Gasteiger partial charge in [-0.1, -0.05) is 27.2 Å². The zero-order valence-electron chi connectivity index (χ0n) is 8.11. The van der Waals surface area contributed by atoms with Crippen LogP contribution in [0.25, 0.3) is 5.69 Å². The predicted octanol–water partition coefficient (Wildman–Crippen LogP) is 3.08. The molecule has 0 unspecified atom stereocenters. The second-order valence-corrected chi connectivity index (χ2v) is 4.40. The van der Waals surface area contributed by atoms with Gasteiger partial charge in [0.05, 0.1) is 23.5 Å². The normalized spacial score (nSPS) is 10.6. The first-order valence-electron chi connectivity index (χ1n) is 4.44. The van der Waals surface area contributed by atoms with E-state index in [0.717, 1.165) is 21.4 Å². The number of halogens is 2. The number of alkyl halides is 1. The molecule has 0 aliphatic heterocycles. The number of rotatable bonds is 2. The fraction of sp³-hybridized carbons (Fsp3) is 0.200. The van der Waals surface area contributed by atoms with Gasteiger partial charge in [0, 0.05) is 4.47 Å². The first-order chi connectivity index (χ1) is 7.20. The van der Waals surface area contributed by atoms with E-state index in [9.17, 15) is 0 Å². The lowest BCUT2D eigenvalue weighted by Gasteiger charge is -2.04. The third-order valence-corrected chi connectivity index (χ3v) is 2.86. The highest BCUT2D eigenvalue weighted by atomic mass is 79.9. The molecule has 0 N–H and O–H groups in total. The second kappa shape index (κ2) is 4.33. The molecule has 0 saturated heterocycles. The van der Waals surface area contributed by atoms with E-state index in [4.69, 9.17) is 11.6 Å². The highest BCUT2D eigenvalue weighted by Crippen LogP contribution is 2.19. The molecule has 3 nitrogen and oxygen atoms in total. The quantitative estimate of drug-likeness (QED) is 0.794. The van der Waals surface area contributed by atoms with Gasteiger partial charge in [-0.3, -0.25) is 0 Å². The van der Waals surface area contributed by atoms with Crippen molar-refractivity contribution >= 4 is 27.5 Å². The van der Waals surface area contributed by atoms with Crippen molar-refractivity contribution < 1.29 is 0 Å². The van der Waals surface area contributed by atoms with Crippen LogP contribution in [0.2, 0.25) is 0 Å². The summed E-state index contributed by atoms with van der Waals surface area (Å²) in [5, 5.41) is 7.97.